The molecule has 0 bridgehead atoms. The smallest absolute Gasteiger partial charge is 0.118 e. The van der Waals surface area contributed by atoms with Crippen LogP contribution in [0.25, 0.3) is 0 Å². The van der Waals surface area contributed by atoms with E-state index in [0.29, 0.717) is 0 Å². The molecule has 0 amide bonds. The van der Waals surface area contributed by atoms with Gasteiger partial charge in [-0.05, 0) is 39.4 Å². The molecule has 0 aromatic carbocycles. The van der Waals surface area contributed by atoms with E-state index >= 15 is 0 Å². The van der Waals surface area contributed by atoms with Gasteiger partial charge in [0.05, 0.1) is 6.54 Å². The number of hydrogen-bond acceptors (Lipinski definition) is 3. The second-order valence-corrected chi connectivity index (χ2v) is 5.07. The summed E-state index contributed by atoms with van der Waals surface area (Å²) in [6.45, 7) is 7.04. The maximum atomic E-state index is 5.82. The predicted octanol–water partition coefficient (Wildman–Crippen LogP) is 2.68. The van der Waals surface area contributed by atoms with E-state index in [0.717, 1.165) is 37.2 Å². The lowest BCUT2D eigenvalue weighted by atomic mass is 9.92. The molecule has 1 fully saturated rings. The van der Waals surface area contributed by atoms with Crippen molar-refractivity contribution in [1.29, 1.82) is 0 Å². The Kier molecular flexibility index (Phi) is 4.24. The molecule has 0 atom stereocenters. The van der Waals surface area contributed by atoms with Gasteiger partial charge in [-0.15, -0.1) is 0 Å². The van der Waals surface area contributed by atoms with E-state index < -0.39 is 0 Å². The van der Waals surface area contributed by atoms with Crippen molar-refractivity contribution in [3.63, 3.8) is 0 Å². The van der Waals surface area contributed by atoms with E-state index in [1.807, 2.05) is 0 Å². The molecule has 96 valence electrons. The molecular weight excluding hydrogens is 212 g/mol. The van der Waals surface area contributed by atoms with Gasteiger partial charge in [0.2, 0.25) is 0 Å². The molecule has 0 spiro atoms. The van der Waals surface area contributed by atoms with Crippen LogP contribution in [-0.4, -0.2) is 24.5 Å². The van der Waals surface area contributed by atoms with Crippen molar-refractivity contribution in [2.45, 2.75) is 52.2 Å². The van der Waals surface area contributed by atoms with Gasteiger partial charge in [-0.25, -0.2) is 0 Å². The van der Waals surface area contributed by atoms with Crippen LogP contribution in [0.2, 0.25) is 0 Å². The number of nitrogens with one attached hydrogen (secondary N) is 1. The van der Waals surface area contributed by atoms with Gasteiger partial charge in [-0.1, -0.05) is 13.3 Å². The summed E-state index contributed by atoms with van der Waals surface area (Å²) in [5, 5.41) is 3.34. The van der Waals surface area contributed by atoms with E-state index in [-0.39, 0.29) is 0 Å². The SMILES string of the molecule is CCNCc1cc(CN(C)C2CCC2)oc1C. The summed E-state index contributed by atoms with van der Waals surface area (Å²) < 4.78 is 5.82. The highest BCUT2D eigenvalue weighted by molar-refractivity contribution is 5.20. The van der Waals surface area contributed by atoms with Gasteiger partial charge < -0.3 is 9.73 Å². The van der Waals surface area contributed by atoms with Gasteiger partial charge in [0, 0.05) is 18.2 Å². The summed E-state index contributed by atoms with van der Waals surface area (Å²) in [6, 6.07) is 2.98. The van der Waals surface area contributed by atoms with Gasteiger partial charge in [0.1, 0.15) is 11.5 Å². The number of hydrogen-bond donors (Lipinski definition) is 1. The lowest BCUT2D eigenvalue weighted by molar-refractivity contribution is 0.142. The quantitative estimate of drug-likeness (QED) is 0.823. The summed E-state index contributed by atoms with van der Waals surface area (Å²) in [4.78, 5) is 2.42. The zero-order chi connectivity index (χ0) is 12.3. The summed E-state index contributed by atoms with van der Waals surface area (Å²) >= 11 is 0. The van der Waals surface area contributed by atoms with Crippen molar-refractivity contribution >= 4 is 0 Å². The van der Waals surface area contributed by atoms with E-state index in [1.165, 1.54) is 24.8 Å². The average molecular weight is 236 g/mol. The summed E-state index contributed by atoms with van der Waals surface area (Å²) in [7, 11) is 2.20. The Morgan fingerprint density at radius 3 is 2.82 bits per heavy atom. The molecule has 3 heteroatoms. The molecule has 1 heterocycles. The molecule has 0 aliphatic heterocycles. The number of furan rings is 1. The molecule has 3 nitrogen and oxygen atoms in total. The average Bonchev–Trinajstić information content (AvgIpc) is 2.53. The summed E-state index contributed by atoms with van der Waals surface area (Å²) in [6.07, 6.45) is 4.08. The molecule has 17 heavy (non-hydrogen) atoms. The summed E-state index contributed by atoms with van der Waals surface area (Å²) in [5.74, 6) is 2.16. The van der Waals surface area contributed by atoms with Crippen LogP contribution in [0.3, 0.4) is 0 Å². The van der Waals surface area contributed by atoms with Crippen LogP contribution >= 0.6 is 0 Å². The van der Waals surface area contributed by atoms with Crippen LogP contribution in [0.4, 0.5) is 0 Å². The fraction of sp³-hybridized carbons (Fsp3) is 0.714. The highest BCUT2D eigenvalue weighted by Crippen LogP contribution is 2.25. The van der Waals surface area contributed by atoms with Crippen molar-refractivity contribution in [1.82, 2.24) is 10.2 Å². The van der Waals surface area contributed by atoms with Crippen LogP contribution in [0.5, 0.6) is 0 Å². The lowest BCUT2D eigenvalue weighted by Crippen LogP contribution is -2.36. The number of aryl methyl sites for hydroxylation is 1. The van der Waals surface area contributed by atoms with Crippen molar-refractivity contribution in [3.8, 4) is 0 Å². The minimum Gasteiger partial charge on any atom is -0.465 e. The third-order valence-electron chi connectivity index (χ3n) is 3.74. The fourth-order valence-electron chi connectivity index (χ4n) is 2.30. The molecular formula is C14H24N2O. The first-order chi connectivity index (χ1) is 8.20. The Morgan fingerprint density at radius 1 is 1.47 bits per heavy atom. The van der Waals surface area contributed by atoms with Crippen molar-refractivity contribution in [3.05, 3.63) is 23.2 Å². The fourth-order valence-corrected chi connectivity index (χ4v) is 2.30. The van der Waals surface area contributed by atoms with E-state index in [2.05, 4.69) is 37.2 Å². The molecule has 1 N–H and O–H groups in total. The Labute approximate surface area is 104 Å². The van der Waals surface area contributed by atoms with Gasteiger partial charge in [0.15, 0.2) is 0 Å². The van der Waals surface area contributed by atoms with E-state index in [1.54, 1.807) is 0 Å². The molecule has 1 aromatic heterocycles. The Morgan fingerprint density at radius 2 is 2.24 bits per heavy atom. The molecule has 1 saturated carbocycles. The van der Waals surface area contributed by atoms with Gasteiger partial charge in [0.25, 0.3) is 0 Å². The highest BCUT2D eigenvalue weighted by atomic mass is 16.3. The molecule has 0 saturated heterocycles. The molecule has 1 aliphatic carbocycles. The highest BCUT2D eigenvalue weighted by Gasteiger charge is 2.22. The van der Waals surface area contributed by atoms with Crippen molar-refractivity contribution in [2.75, 3.05) is 13.6 Å². The van der Waals surface area contributed by atoms with Crippen LogP contribution in [-0.2, 0) is 13.1 Å². The predicted molar refractivity (Wildman–Crippen MR) is 69.9 cm³/mol. The second kappa shape index (κ2) is 5.69. The first kappa shape index (κ1) is 12.7. The second-order valence-electron chi connectivity index (χ2n) is 5.07. The minimum atomic E-state index is 0.776. The van der Waals surface area contributed by atoms with Gasteiger partial charge in [-0.2, -0.15) is 0 Å². The Bertz CT molecular complexity index is 355. The molecule has 0 radical (unpaired) electrons. The van der Waals surface area contributed by atoms with Gasteiger partial charge in [-0.3, -0.25) is 4.90 Å². The molecule has 0 unspecified atom stereocenters. The lowest BCUT2D eigenvalue weighted by Gasteiger charge is -2.34. The summed E-state index contributed by atoms with van der Waals surface area (Å²) in [5.41, 5.74) is 1.30. The zero-order valence-corrected chi connectivity index (χ0v) is 11.3. The van der Waals surface area contributed by atoms with Crippen molar-refractivity contribution in [2.24, 2.45) is 0 Å². The standard InChI is InChI=1S/C14H24N2O/c1-4-15-9-12-8-14(17-11(12)2)10-16(3)13-6-5-7-13/h8,13,15H,4-7,9-10H2,1-3H3. The van der Waals surface area contributed by atoms with E-state index in [9.17, 15) is 0 Å². The number of nitrogens with zero attached hydrogens (tertiary/aromatic N) is 1. The molecule has 1 aliphatic rings. The third-order valence-corrected chi connectivity index (χ3v) is 3.74. The minimum absolute atomic E-state index is 0.776. The molecule has 2 rings (SSSR count). The first-order valence-corrected chi connectivity index (χ1v) is 6.70. The third kappa shape index (κ3) is 3.11. The topological polar surface area (TPSA) is 28.4 Å². The largest absolute Gasteiger partial charge is 0.465 e. The van der Waals surface area contributed by atoms with Gasteiger partial charge >= 0.3 is 0 Å². The first-order valence-electron chi connectivity index (χ1n) is 6.70. The maximum absolute atomic E-state index is 5.82. The van der Waals surface area contributed by atoms with Crippen LogP contribution in [0.1, 0.15) is 43.3 Å². The van der Waals surface area contributed by atoms with Crippen molar-refractivity contribution < 1.29 is 4.42 Å². The number of rotatable bonds is 6. The van der Waals surface area contributed by atoms with Crippen LogP contribution < -0.4 is 5.32 Å². The maximum Gasteiger partial charge on any atom is 0.118 e. The van der Waals surface area contributed by atoms with Crippen LogP contribution in [0.15, 0.2) is 10.5 Å². The zero-order valence-electron chi connectivity index (χ0n) is 11.3. The van der Waals surface area contributed by atoms with E-state index in [4.69, 9.17) is 4.42 Å². The normalized spacial score (nSPS) is 16.5. The Balaban J connectivity index is 1.91. The monoisotopic (exact) mass is 236 g/mol. The van der Waals surface area contributed by atoms with Crippen LogP contribution in [0, 0.1) is 6.92 Å². The Hall–Kier alpha value is -0.800. The molecule has 1 aromatic rings.